The third-order valence-corrected chi connectivity index (χ3v) is 15.5. The molecule has 0 aromatic heterocycles. The van der Waals surface area contributed by atoms with Gasteiger partial charge in [0.25, 0.3) is 0 Å². The van der Waals surface area contributed by atoms with E-state index >= 15 is 0 Å². The molecule has 3 fully saturated rings. The highest BCUT2D eigenvalue weighted by atomic mass is 16.7. The molecule has 0 unspecified atom stereocenters. The van der Waals surface area contributed by atoms with Crippen molar-refractivity contribution in [3.63, 3.8) is 0 Å². The normalized spacial score (nSPS) is 38.0. The molecule has 2 aromatic rings. The summed E-state index contributed by atoms with van der Waals surface area (Å²) in [5, 5.41) is 52.6. The number of methoxy groups -OCH3 is 1. The predicted molar refractivity (Wildman–Crippen MR) is 276 cm³/mol. The van der Waals surface area contributed by atoms with Gasteiger partial charge in [-0.05, 0) is 124 Å². The van der Waals surface area contributed by atoms with Crippen LogP contribution in [-0.4, -0.2) is 180 Å². The van der Waals surface area contributed by atoms with Gasteiger partial charge in [-0.25, -0.2) is 9.59 Å². The van der Waals surface area contributed by atoms with Gasteiger partial charge in [-0.1, -0.05) is 63.2 Å². The smallest absolute Gasteiger partial charge is 0.407 e. The molecule has 5 rings (SSSR count). The van der Waals surface area contributed by atoms with Crippen LogP contribution >= 0.6 is 0 Å². The first kappa shape index (κ1) is 60.7. The molecule has 6 N–H and O–H groups in total. The average molecular weight is 1050 g/mol. The molecule has 3 aliphatic heterocycles. The summed E-state index contributed by atoms with van der Waals surface area (Å²) >= 11 is 0. The first-order valence-electron chi connectivity index (χ1n) is 26.3. The zero-order chi connectivity index (χ0) is 54.9. The second kappa shape index (κ2) is 26.3. The first-order valence-corrected chi connectivity index (χ1v) is 26.3. The number of nitrogens with zero attached hydrogens (tertiary/aromatic N) is 2. The second-order valence-electron chi connectivity index (χ2n) is 22.1. The number of hydrogen-bond donors (Lipinski definition) is 6. The van der Waals surface area contributed by atoms with E-state index in [0.717, 1.165) is 11.1 Å². The summed E-state index contributed by atoms with van der Waals surface area (Å²) in [7, 11) is 7.08. The average Bonchev–Trinajstić information content (AvgIpc) is 3.34. The van der Waals surface area contributed by atoms with E-state index in [0.29, 0.717) is 19.4 Å². The van der Waals surface area contributed by atoms with Gasteiger partial charge in [-0.2, -0.15) is 0 Å². The number of aromatic hydroxyl groups is 1. The molecule has 0 saturated carbocycles. The van der Waals surface area contributed by atoms with Crippen molar-refractivity contribution in [2.24, 2.45) is 17.8 Å². The zero-order valence-corrected chi connectivity index (χ0v) is 46.2. The van der Waals surface area contributed by atoms with E-state index in [1.807, 2.05) is 82.0 Å². The van der Waals surface area contributed by atoms with E-state index in [2.05, 4.69) is 10.6 Å². The standard InChI is InChI=1S/C55H88N4O15/c1-15-42-55(10,66)47(73-52(64)57-30-39-19-17-16-18-20-39)36(6)59(13)31-32(2)28-53(8,65)46(72-50-44(61)41(58(11)12)27-33(3)68-50)34(4)45(35(5)49(62)70-42)71-43-29-54(9,67-14)48(37(7)69-43)74-51(63)56-26-25-38-21-23-40(60)24-22-38/h16-24,32-37,41-48,50,60-61,65-66H,15,25-31H2,1-14H3,(H,56,63)(H,57,64)/t32-,33-,34+,35-,36-,37+,41+,42-,43+,44-,45+,46-,47-,48+,50+,53+,54-,55-/m1/s1. The van der Waals surface area contributed by atoms with Crippen molar-refractivity contribution in [2.45, 2.75) is 198 Å². The molecule has 18 atom stereocenters. The Morgan fingerprint density at radius 1 is 0.851 bits per heavy atom. The molecule has 2 amide bonds. The van der Waals surface area contributed by atoms with Crippen molar-refractivity contribution < 1.29 is 72.7 Å². The van der Waals surface area contributed by atoms with Gasteiger partial charge in [0, 0.05) is 51.2 Å². The summed E-state index contributed by atoms with van der Waals surface area (Å²) < 4.78 is 51.2. The van der Waals surface area contributed by atoms with Crippen molar-refractivity contribution in [3.05, 3.63) is 65.7 Å². The Hall–Kier alpha value is -4.15. The third kappa shape index (κ3) is 15.5. The molecule has 74 heavy (non-hydrogen) atoms. The van der Waals surface area contributed by atoms with Crippen LogP contribution in [0.1, 0.15) is 106 Å². The number of likely N-dealkylation sites (N-methyl/N-ethyl adjacent to an activating group) is 2. The van der Waals surface area contributed by atoms with E-state index in [4.69, 9.17) is 37.9 Å². The highest BCUT2D eigenvalue weighted by Gasteiger charge is 2.54. The van der Waals surface area contributed by atoms with Gasteiger partial charge in [0.05, 0.1) is 35.9 Å². The Morgan fingerprint density at radius 3 is 2.11 bits per heavy atom. The third-order valence-electron chi connectivity index (χ3n) is 15.5. The van der Waals surface area contributed by atoms with E-state index in [9.17, 15) is 34.8 Å². The van der Waals surface area contributed by atoms with E-state index < -0.39 is 108 Å². The minimum Gasteiger partial charge on any atom is -0.508 e. The van der Waals surface area contributed by atoms with Crippen molar-refractivity contribution in [3.8, 4) is 5.75 Å². The lowest BCUT2D eigenvalue weighted by Gasteiger charge is -2.49. The summed E-state index contributed by atoms with van der Waals surface area (Å²) in [4.78, 5) is 45.7. The molecule has 19 heteroatoms. The largest absolute Gasteiger partial charge is 0.508 e. The van der Waals surface area contributed by atoms with Gasteiger partial charge in [0.1, 0.15) is 29.2 Å². The van der Waals surface area contributed by atoms with Gasteiger partial charge < -0.3 is 73.9 Å². The quantitative estimate of drug-likeness (QED) is 0.101. The molecule has 2 aromatic carbocycles. The topological polar surface area (TPSA) is 237 Å². The maximum Gasteiger partial charge on any atom is 0.407 e. The summed E-state index contributed by atoms with van der Waals surface area (Å²) in [6, 6.07) is 15.0. The molecule has 3 saturated heterocycles. The molecule has 418 valence electrons. The number of hydrogen-bond acceptors (Lipinski definition) is 17. The maximum atomic E-state index is 14.9. The van der Waals surface area contributed by atoms with Crippen LogP contribution in [0.25, 0.3) is 0 Å². The SMILES string of the molecule is CC[C@H]1OC(=O)[C@H](C)[C@@H](O[C@H]2C[C@@](C)(OC)[C@@H](OC(=O)NCCc3ccc(O)cc3)[C@H](C)O2)[C@H](C)[C@@H](O[C@@H]2O[C@H](C)C[C@H](N(C)C)[C@H]2O)[C@@](C)(O)C[C@@H](C)CN(C)[C@H](C)[C@@H](OC(=O)NCc2ccccc2)[C@]1(C)O. The lowest BCUT2D eigenvalue weighted by atomic mass is 9.77. The number of phenolic OH excluding ortho intramolecular Hbond substituents is 1. The lowest BCUT2D eigenvalue weighted by Crippen LogP contribution is -2.61. The van der Waals surface area contributed by atoms with E-state index in [-0.39, 0.29) is 56.2 Å². The molecular formula is C55H88N4O15. The number of nitrogens with one attached hydrogen (secondary N) is 2. The number of ether oxygens (including phenoxy) is 8. The lowest BCUT2D eigenvalue weighted by molar-refractivity contribution is -0.317. The van der Waals surface area contributed by atoms with Gasteiger partial charge in [-0.15, -0.1) is 0 Å². The molecule has 0 spiro atoms. The number of amides is 2. The van der Waals surface area contributed by atoms with Crippen LogP contribution in [0.3, 0.4) is 0 Å². The monoisotopic (exact) mass is 1040 g/mol. The minimum atomic E-state index is -1.94. The summed E-state index contributed by atoms with van der Waals surface area (Å²) in [6.07, 6.45) is -10.3. The van der Waals surface area contributed by atoms with E-state index in [1.165, 1.54) is 14.0 Å². The highest BCUT2D eigenvalue weighted by molar-refractivity contribution is 5.73. The number of phenols is 1. The van der Waals surface area contributed by atoms with Gasteiger partial charge in [0.2, 0.25) is 0 Å². The number of aliphatic hydroxyl groups excluding tert-OH is 1. The van der Waals surface area contributed by atoms with Gasteiger partial charge in [0.15, 0.2) is 24.8 Å². The summed E-state index contributed by atoms with van der Waals surface area (Å²) in [6.45, 7) is 18.4. The van der Waals surface area contributed by atoms with Crippen LogP contribution < -0.4 is 10.6 Å². The Labute approximate surface area is 438 Å². The number of carbonyl (C=O) groups excluding carboxylic acids is 3. The number of aliphatic hydroxyl groups is 3. The number of rotatable bonds is 14. The van der Waals surface area contributed by atoms with Gasteiger partial charge in [-0.3, -0.25) is 9.69 Å². The Bertz CT molecular complexity index is 2080. The summed E-state index contributed by atoms with van der Waals surface area (Å²) in [5.74, 6) is -2.88. The number of alkyl carbamates (subject to hydrolysis) is 2. The Balaban J connectivity index is 1.50. The minimum absolute atomic E-state index is 0.0254. The van der Waals surface area contributed by atoms with Crippen molar-refractivity contribution in [1.82, 2.24) is 20.4 Å². The molecule has 3 aliphatic rings. The van der Waals surface area contributed by atoms with Crippen LogP contribution in [0.5, 0.6) is 5.75 Å². The fourth-order valence-corrected chi connectivity index (χ4v) is 11.2. The van der Waals surface area contributed by atoms with Crippen molar-refractivity contribution in [1.29, 1.82) is 0 Å². The number of carbonyl (C=O) groups is 3. The highest BCUT2D eigenvalue weighted by Crippen LogP contribution is 2.41. The number of esters is 1. The fraction of sp³-hybridized carbons (Fsp3) is 0.727. The van der Waals surface area contributed by atoms with E-state index in [1.54, 1.807) is 65.8 Å². The summed E-state index contributed by atoms with van der Waals surface area (Å²) in [5.41, 5.74) is -3.03. The zero-order valence-electron chi connectivity index (χ0n) is 46.2. The molecule has 0 radical (unpaired) electrons. The van der Waals surface area contributed by atoms with Crippen LogP contribution in [0.2, 0.25) is 0 Å². The molecule has 0 aliphatic carbocycles. The Kier molecular flexibility index (Phi) is 21.5. The van der Waals surface area contributed by atoms with Crippen molar-refractivity contribution >= 4 is 18.2 Å². The molecule has 19 nitrogen and oxygen atoms in total. The first-order chi connectivity index (χ1) is 34.7. The molecule has 0 bridgehead atoms. The predicted octanol–water partition coefficient (Wildman–Crippen LogP) is 5.52. The van der Waals surface area contributed by atoms with Gasteiger partial charge >= 0.3 is 18.2 Å². The van der Waals surface area contributed by atoms with Crippen LogP contribution in [0.4, 0.5) is 9.59 Å². The van der Waals surface area contributed by atoms with Crippen LogP contribution in [0, 0.1) is 17.8 Å². The van der Waals surface area contributed by atoms with Crippen molar-refractivity contribution in [2.75, 3.05) is 41.3 Å². The molecular weight excluding hydrogens is 957 g/mol. The fourth-order valence-electron chi connectivity index (χ4n) is 11.2. The van der Waals surface area contributed by atoms with Crippen LogP contribution in [0.15, 0.2) is 54.6 Å². The van der Waals surface area contributed by atoms with Crippen LogP contribution in [-0.2, 0) is 55.7 Å². The Morgan fingerprint density at radius 2 is 1.49 bits per heavy atom. The number of benzene rings is 2. The maximum absolute atomic E-state index is 14.9. The second-order valence-corrected chi connectivity index (χ2v) is 22.1. The molecule has 3 heterocycles. The number of cyclic esters (lactones) is 1.